The molecule has 0 aromatic carbocycles. The lowest BCUT2D eigenvalue weighted by molar-refractivity contribution is -0.150. The third-order valence-electron chi connectivity index (χ3n) is 4.52. The van der Waals surface area contributed by atoms with Gasteiger partial charge in [-0.1, -0.05) is 12.1 Å². The molecule has 16 heteroatoms. The largest absolute Gasteiger partial charge is 0.477 e. The number of anilines is 1. The molecular formula is C18H20N6O8S2. The molecule has 3 rings (SSSR count). The van der Waals surface area contributed by atoms with E-state index < -0.39 is 35.3 Å². The normalized spacial score (nSPS) is 19.6. The Kier molecular flexibility index (Phi) is 8.06. The molecule has 2 atom stereocenters. The van der Waals surface area contributed by atoms with Gasteiger partial charge in [0.15, 0.2) is 10.8 Å². The Balaban J connectivity index is 1.78. The summed E-state index contributed by atoms with van der Waals surface area (Å²) in [7, 11) is 0. The van der Waals surface area contributed by atoms with E-state index in [9.17, 15) is 29.1 Å². The van der Waals surface area contributed by atoms with Crippen molar-refractivity contribution in [3.63, 3.8) is 0 Å². The Morgan fingerprint density at radius 2 is 2.21 bits per heavy atom. The monoisotopic (exact) mass is 512 g/mol. The number of carbonyl (C=O) groups is 5. The molecule has 1 fully saturated rings. The molecule has 14 nitrogen and oxygen atoms in total. The van der Waals surface area contributed by atoms with Crippen LogP contribution in [-0.4, -0.2) is 81.4 Å². The number of carbonyl (C=O) groups excluding carboxylic acids is 4. The zero-order chi connectivity index (χ0) is 24.8. The molecule has 34 heavy (non-hydrogen) atoms. The molecular weight excluding hydrogens is 492 g/mol. The van der Waals surface area contributed by atoms with Gasteiger partial charge in [-0.15, -0.1) is 23.1 Å². The first-order valence-corrected chi connectivity index (χ1v) is 11.7. The van der Waals surface area contributed by atoms with E-state index >= 15 is 0 Å². The van der Waals surface area contributed by atoms with E-state index in [0.717, 1.165) is 16.2 Å². The fraction of sp³-hybridized carbons (Fsp3) is 0.389. The van der Waals surface area contributed by atoms with Gasteiger partial charge in [0, 0.05) is 16.7 Å². The van der Waals surface area contributed by atoms with E-state index in [2.05, 4.69) is 25.5 Å². The summed E-state index contributed by atoms with van der Waals surface area (Å²) in [5.41, 5.74) is 4.75. The first-order chi connectivity index (χ1) is 16.3. The Hall–Kier alpha value is -3.66. The highest BCUT2D eigenvalue weighted by Crippen LogP contribution is 2.40. The Morgan fingerprint density at radius 1 is 1.44 bits per heavy atom. The van der Waals surface area contributed by atoms with Crippen LogP contribution >= 0.6 is 23.1 Å². The van der Waals surface area contributed by atoms with Crippen molar-refractivity contribution in [3.05, 3.63) is 22.3 Å². The number of thioether (sulfide) groups is 1. The predicted molar refractivity (Wildman–Crippen MR) is 120 cm³/mol. The number of thiazole rings is 1. The van der Waals surface area contributed by atoms with Gasteiger partial charge in [-0.2, -0.15) is 0 Å². The van der Waals surface area contributed by atoms with Crippen LogP contribution in [0.4, 0.5) is 9.93 Å². The summed E-state index contributed by atoms with van der Waals surface area (Å²) in [4.78, 5) is 69.3. The molecule has 1 aromatic rings. The number of β-lactam (4-membered cyclic amide) rings is 1. The van der Waals surface area contributed by atoms with E-state index in [1.807, 2.05) is 6.92 Å². The molecule has 0 saturated carbocycles. The van der Waals surface area contributed by atoms with Crippen molar-refractivity contribution in [1.82, 2.24) is 15.2 Å². The van der Waals surface area contributed by atoms with Gasteiger partial charge >= 0.3 is 12.1 Å². The minimum atomic E-state index is -1.38. The van der Waals surface area contributed by atoms with Gasteiger partial charge in [-0.25, -0.2) is 14.6 Å². The molecule has 0 bridgehead atoms. The molecule has 1 unspecified atom stereocenters. The van der Waals surface area contributed by atoms with Crippen LogP contribution in [-0.2, 0) is 28.8 Å². The minimum Gasteiger partial charge on any atom is -0.477 e. The van der Waals surface area contributed by atoms with Crippen molar-refractivity contribution in [2.24, 2.45) is 10.9 Å². The van der Waals surface area contributed by atoms with Crippen LogP contribution in [0.15, 0.2) is 21.8 Å². The number of nitrogens with one attached hydrogen (secondary N) is 2. The average Bonchev–Trinajstić information content (AvgIpc) is 3.26. The molecule has 0 spiro atoms. The second-order valence-corrected chi connectivity index (χ2v) is 8.76. The van der Waals surface area contributed by atoms with Gasteiger partial charge in [-0.3, -0.25) is 19.3 Å². The quantitative estimate of drug-likeness (QED) is 0.1000. The highest BCUT2D eigenvalue weighted by molar-refractivity contribution is 8.00. The smallest absolute Gasteiger partial charge is 0.404 e. The maximum Gasteiger partial charge on any atom is 0.404 e. The highest BCUT2D eigenvalue weighted by Gasteiger charge is 2.54. The number of rotatable bonds is 11. The third-order valence-corrected chi connectivity index (χ3v) is 6.63. The number of carboxylic acids is 1. The first-order valence-electron chi connectivity index (χ1n) is 9.77. The molecule has 0 aliphatic carbocycles. The van der Waals surface area contributed by atoms with Crippen molar-refractivity contribution in [1.29, 1.82) is 0 Å². The lowest BCUT2D eigenvalue weighted by Gasteiger charge is -2.49. The molecule has 4 amide bonds. The fourth-order valence-corrected chi connectivity index (χ4v) is 5.05. The Labute approximate surface area is 200 Å². The number of fused-ring (bicyclic) bond motifs is 1. The fourth-order valence-electron chi connectivity index (χ4n) is 3.07. The molecule has 5 N–H and O–H groups in total. The standard InChI is InChI=1S/C18H20N6O8S2/c1-2-3-32-23-10(9-6-34-18(21-9)20-7-25)13(26)22-11-14(27)24-12(16(28)29)8(4-31-17(19)30)5-33-15(11)24/h6-7,11,15H,2-5H2,1H3,(H2,19,30)(H,22,26)(H,28,29)(H,20,21,25)/t11?,15-/m0/s1. The molecule has 3 heterocycles. The van der Waals surface area contributed by atoms with Crippen molar-refractivity contribution < 1.29 is 38.7 Å². The first kappa shape index (κ1) is 25.0. The highest BCUT2D eigenvalue weighted by atomic mass is 32.2. The van der Waals surface area contributed by atoms with E-state index in [1.54, 1.807) is 0 Å². The van der Waals surface area contributed by atoms with Crippen LogP contribution < -0.4 is 16.4 Å². The van der Waals surface area contributed by atoms with E-state index in [0.29, 0.717) is 12.8 Å². The van der Waals surface area contributed by atoms with Crippen LogP contribution in [0.25, 0.3) is 0 Å². The Morgan fingerprint density at radius 3 is 2.85 bits per heavy atom. The number of aromatic nitrogens is 1. The van der Waals surface area contributed by atoms with Crippen LogP contribution in [0.5, 0.6) is 0 Å². The number of oxime groups is 1. The van der Waals surface area contributed by atoms with Gasteiger partial charge in [0.1, 0.15) is 36.0 Å². The second-order valence-electron chi connectivity index (χ2n) is 6.80. The second kappa shape index (κ2) is 11.0. The molecule has 2 aliphatic heterocycles. The number of nitrogens with two attached hydrogens (primary N) is 1. The van der Waals surface area contributed by atoms with Crippen molar-refractivity contribution in [2.45, 2.75) is 24.8 Å². The summed E-state index contributed by atoms with van der Waals surface area (Å²) in [6.07, 6.45) is -0.00496. The van der Waals surface area contributed by atoms with Crippen LogP contribution in [0, 0.1) is 0 Å². The van der Waals surface area contributed by atoms with Crippen LogP contribution in [0.1, 0.15) is 19.0 Å². The Bertz CT molecular complexity index is 1070. The number of amides is 4. The molecule has 1 saturated heterocycles. The summed E-state index contributed by atoms with van der Waals surface area (Å²) < 4.78 is 4.68. The maximum atomic E-state index is 13.0. The zero-order valence-electron chi connectivity index (χ0n) is 17.7. The molecule has 2 aliphatic rings. The van der Waals surface area contributed by atoms with Crippen molar-refractivity contribution in [3.8, 4) is 0 Å². The lowest BCUT2D eigenvalue weighted by Crippen LogP contribution is -2.71. The summed E-state index contributed by atoms with van der Waals surface area (Å²) >= 11 is 2.25. The molecule has 182 valence electrons. The number of aliphatic carboxylic acids is 1. The topological polar surface area (TPSA) is 203 Å². The van der Waals surface area contributed by atoms with Gasteiger partial charge in [0.25, 0.3) is 11.8 Å². The number of hydrogen-bond donors (Lipinski definition) is 4. The van der Waals surface area contributed by atoms with E-state index in [1.165, 1.54) is 17.1 Å². The number of hydrogen-bond acceptors (Lipinski definition) is 11. The van der Waals surface area contributed by atoms with Crippen LogP contribution in [0.2, 0.25) is 0 Å². The van der Waals surface area contributed by atoms with Gasteiger partial charge in [0.2, 0.25) is 6.41 Å². The maximum absolute atomic E-state index is 13.0. The molecule has 1 aromatic heterocycles. The minimum absolute atomic E-state index is 0.125. The number of carboxylic acid groups (broad SMARTS) is 1. The lowest BCUT2D eigenvalue weighted by atomic mass is 10.0. The predicted octanol–water partition coefficient (Wildman–Crippen LogP) is -0.324. The van der Waals surface area contributed by atoms with Gasteiger partial charge < -0.3 is 31.0 Å². The van der Waals surface area contributed by atoms with Gasteiger partial charge in [0.05, 0.1) is 0 Å². The third kappa shape index (κ3) is 5.28. The number of primary amides is 1. The zero-order valence-corrected chi connectivity index (χ0v) is 19.3. The average molecular weight is 513 g/mol. The van der Waals surface area contributed by atoms with E-state index in [4.69, 9.17) is 10.6 Å². The van der Waals surface area contributed by atoms with Crippen molar-refractivity contribution >= 4 is 64.2 Å². The summed E-state index contributed by atoms with van der Waals surface area (Å²) in [6, 6.07) is -1.03. The van der Waals surface area contributed by atoms with Crippen LogP contribution in [0.3, 0.4) is 0 Å². The van der Waals surface area contributed by atoms with Gasteiger partial charge in [-0.05, 0) is 6.42 Å². The summed E-state index contributed by atoms with van der Waals surface area (Å²) in [6.45, 7) is 1.71. The SMILES string of the molecule is CCCON=C(C(=O)NC1C(=O)N2C(C(=O)O)=C(COC(N)=O)CS[C@@H]12)c1csc(NC=O)n1. The number of nitrogens with zero attached hydrogens (tertiary/aromatic N) is 3. The van der Waals surface area contributed by atoms with Crippen molar-refractivity contribution in [2.75, 3.05) is 24.3 Å². The molecule has 0 radical (unpaired) electrons. The summed E-state index contributed by atoms with van der Waals surface area (Å²) in [5.74, 6) is -2.65. The number of ether oxygens (including phenoxy) is 1. The van der Waals surface area contributed by atoms with E-state index in [-0.39, 0.29) is 46.8 Å². The summed E-state index contributed by atoms with van der Waals surface area (Å²) in [5, 5.41) is 19.4.